The lowest BCUT2D eigenvalue weighted by molar-refractivity contribution is 0.0965. The Morgan fingerprint density at radius 3 is 1.35 bits per heavy atom. The smallest absolute Gasteiger partial charge is 0.159 e. The molecule has 0 radical (unpaired) electrons. The summed E-state index contributed by atoms with van der Waals surface area (Å²) in [5.74, 6) is 0. The van der Waals surface area contributed by atoms with Crippen molar-refractivity contribution in [2.75, 3.05) is 9.80 Å². The van der Waals surface area contributed by atoms with Gasteiger partial charge in [-0.05, 0) is 152 Å². The fraction of sp³-hybridized carbons (Fsp3) is 0.155. The van der Waals surface area contributed by atoms with E-state index in [1.807, 2.05) is 0 Å². The van der Waals surface area contributed by atoms with Crippen LogP contribution in [0, 0.1) is 24.7 Å². The van der Waals surface area contributed by atoms with Crippen LogP contribution in [0.25, 0.3) is 87.3 Å². The minimum Gasteiger partial charge on any atom is -0.454 e. The van der Waals surface area contributed by atoms with Gasteiger partial charge in [-0.25, -0.2) is 0 Å². The first-order valence-corrected chi connectivity index (χ1v) is 26.4. The number of fused-ring (bicyclic) bond motifs is 16. The summed E-state index contributed by atoms with van der Waals surface area (Å²) in [7, 11) is 0. The Labute approximate surface area is 438 Å². The summed E-state index contributed by atoms with van der Waals surface area (Å²) in [6.07, 6.45) is 0. The van der Waals surface area contributed by atoms with E-state index in [4.69, 9.17) is 8.83 Å². The van der Waals surface area contributed by atoms with E-state index in [2.05, 4.69) is 271 Å². The highest BCUT2D eigenvalue weighted by molar-refractivity contribution is 6.24. The number of hydrogen-bond acceptors (Lipinski definition) is 4. The van der Waals surface area contributed by atoms with E-state index in [-0.39, 0.29) is 10.8 Å². The molecule has 1 aliphatic rings. The van der Waals surface area contributed by atoms with E-state index < -0.39 is 5.41 Å². The Balaban J connectivity index is 1.09. The standard InChI is InChI=1S/C71H58N2O2/c1-43-21-17-23-45(39-43)72(59-33-19-31-55-50-27-13-15-35-62(50)74-67(55)59)47-37-38-54-57(41-47)48-25-9-11-29-52(48)65-64-53-30-12-10-26-49(53)61(42-58(64)71(66(54)65,69(3,4)5)70(6,7)8)73(46-24-18-22-44(2)40-46)60-34-20-32-56-51-28-14-16-36-63(51)75-68(56)60/h9-42H,1-8H3. The molecule has 0 aliphatic heterocycles. The van der Waals surface area contributed by atoms with Crippen molar-refractivity contribution in [3.8, 4) is 11.1 Å². The first-order valence-electron chi connectivity index (χ1n) is 26.4. The predicted molar refractivity (Wildman–Crippen MR) is 317 cm³/mol. The van der Waals surface area contributed by atoms with Crippen LogP contribution < -0.4 is 9.80 Å². The third-order valence-corrected chi connectivity index (χ3v) is 16.6. The van der Waals surface area contributed by atoms with Gasteiger partial charge in [0.2, 0.25) is 0 Å². The predicted octanol–water partition coefficient (Wildman–Crippen LogP) is 20.9. The van der Waals surface area contributed by atoms with Gasteiger partial charge in [-0.2, -0.15) is 0 Å². The maximum Gasteiger partial charge on any atom is 0.159 e. The van der Waals surface area contributed by atoms with Crippen molar-refractivity contribution in [1.29, 1.82) is 0 Å². The third kappa shape index (κ3) is 6.42. The number of aryl methyl sites for hydroxylation is 2. The number of anilines is 6. The number of hydrogen-bond donors (Lipinski definition) is 0. The van der Waals surface area contributed by atoms with Crippen molar-refractivity contribution in [3.63, 3.8) is 0 Å². The van der Waals surface area contributed by atoms with Crippen LogP contribution in [0.15, 0.2) is 215 Å². The fourth-order valence-electron chi connectivity index (χ4n) is 14.1. The molecule has 0 N–H and O–H groups in total. The van der Waals surface area contributed by atoms with Crippen LogP contribution in [0.2, 0.25) is 0 Å². The number of benzene rings is 11. The molecule has 0 saturated carbocycles. The SMILES string of the molecule is Cc1cccc(N(c2ccc3c4c(c5ccccc5c3c2)-c2c(cc(N(c3cccc(C)c3)c3cccc5c3oc3ccccc35)c3ccccc23)C4(C(C)(C)C)C(C)(C)C)c2cccc3c2oc2ccccc23)c1. The lowest BCUT2D eigenvalue weighted by Crippen LogP contribution is -2.50. The molecule has 14 rings (SSSR count). The van der Waals surface area contributed by atoms with E-state index in [9.17, 15) is 0 Å². The second-order valence-corrected chi connectivity index (χ2v) is 23.0. The average Bonchev–Trinajstić information content (AvgIpc) is 4.17. The van der Waals surface area contributed by atoms with Gasteiger partial charge < -0.3 is 18.6 Å². The van der Waals surface area contributed by atoms with Gasteiger partial charge >= 0.3 is 0 Å². The maximum atomic E-state index is 6.91. The minimum atomic E-state index is -0.507. The van der Waals surface area contributed by atoms with Crippen LogP contribution in [0.4, 0.5) is 34.1 Å². The summed E-state index contributed by atoms with van der Waals surface area (Å²) in [4.78, 5) is 4.88. The van der Waals surface area contributed by atoms with Crippen LogP contribution in [-0.4, -0.2) is 0 Å². The van der Waals surface area contributed by atoms with Gasteiger partial charge in [-0.1, -0.05) is 181 Å². The zero-order chi connectivity index (χ0) is 51.1. The highest BCUT2D eigenvalue weighted by Gasteiger charge is 2.59. The van der Waals surface area contributed by atoms with Gasteiger partial charge in [0.1, 0.15) is 11.2 Å². The summed E-state index contributed by atoms with van der Waals surface area (Å²) >= 11 is 0. The molecule has 75 heavy (non-hydrogen) atoms. The number of rotatable bonds is 6. The molecule has 0 fully saturated rings. The van der Waals surface area contributed by atoms with E-state index >= 15 is 0 Å². The highest BCUT2D eigenvalue weighted by atomic mass is 16.3. The van der Waals surface area contributed by atoms with Crippen molar-refractivity contribution in [2.24, 2.45) is 10.8 Å². The largest absolute Gasteiger partial charge is 0.454 e. The van der Waals surface area contributed by atoms with Crippen molar-refractivity contribution in [1.82, 2.24) is 0 Å². The normalized spacial score (nSPS) is 13.4. The fourth-order valence-corrected chi connectivity index (χ4v) is 14.1. The summed E-state index contributed by atoms with van der Waals surface area (Å²) in [6, 6.07) is 75.9. The summed E-state index contributed by atoms with van der Waals surface area (Å²) in [5, 5.41) is 11.8. The van der Waals surface area contributed by atoms with E-state index in [0.29, 0.717) is 0 Å². The molecular formula is C71H58N2O2. The molecule has 2 aromatic heterocycles. The second-order valence-electron chi connectivity index (χ2n) is 23.0. The average molecular weight is 971 g/mol. The van der Waals surface area contributed by atoms with Crippen LogP contribution in [-0.2, 0) is 5.41 Å². The quantitative estimate of drug-likeness (QED) is 0.155. The molecule has 4 heteroatoms. The Morgan fingerprint density at radius 2 is 0.787 bits per heavy atom. The summed E-state index contributed by atoms with van der Waals surface area (Å²) in [5.41, 5.74) is 16.6. The van der Waals surface area contributed by atoms with Crippen molar-refractivity contribution in [3.05, 3.63) is 229 Å². The monoisotopic (exact) mass is 970 g/mol. The molecule has 2 heterocycles. The van der Waals surface area contributed by atoms with Gasteiger partial charge in [0.15, 0.2) is 11.2 Å². The molecule has 0 atom stereocenters. The van der Waals surface area contributed by atoms with Crippen molar-refractivity contribution >= 4 is 110 Å². The molecule has 11 aromatic carbocycles. The number of nitrogens with zero attached hydrogens (tertiary/aromatic N) is 2. The molecule has 0 amide bonds. The van der Waals surface area contributed by atoms with Gasteiger partial charge in [0.25, 0.3) is 0 Å². The Kier molecular flexibility index (Phi) is 9.73. The Hall–Kier alpha value is -8.60. The molecule has 1 aliphatic carbocycles. The molecule has 0 bridgehead atoms. The molecule has 13 aromatic rings. The van der Waals surface area contributed by atoms with Gasteiger partial charge in [0, 0.05) is 49.4 Å². The van der Waals surface area contributed by atoms with Gasteiger partial charge in [-0.15, -0.1) is 0 Å². The van der Waals surface area contributed by atoms with Crippen LogP contribution >= 0.6 is 0 Å². The number of furan rings is 2. The second kappa shape index (κ2) is 16.2. The van der Waals surface area contributed by atoms with E-state index in [1.165, 1.54) is 65.7 Å². The van der Waals surface area contributed by atoms with E-state index in [1.54, 1.807) is 0 Å². The summed E-state index contributed by atoms with van der Waals surface area (Å²) in [6.45, 7) is 19.2. The first kappa shape index (κ1) is 45.0. The molecule has 0 saturated heterocycles. The molecule has 0 spiro atoms. The molecular weight excluding hydrogens is 913 g/mol. The van der Waals surface area contributed by atoms with E-state index in [0.717, 1.165) is 78.0 Å². The Morgan fingerprint density at radius 1 is 0.333 bits per heavy atom. The zero-order valence-electron chi connectivity index (χ0n) is 43.8. The zero-order valence-corrected chi connectivity index (χ0v) is 43.8. The molecule has 0 unspecified atom stereocenters. The number of para-hydroxylation sites is 4. The van der Waals surface area contributed by atoms with Crippen LogP contribution in [0.3, 0.4) is 0 Å². The topological polar surface area (TPSA) is 32.8 Å². The molecule has 364 valence electrons. The van der Waals surface area contributed by atoms with Gasteiger partial charge in [-0.3, -0.25) is 0 Å². The third-order valence-electron chi connectivity index (χ3n) is 16.6. The maximum absolute atomic E-state index is 6.91. The van der Waals surface area contributed by atoms with Crippen LogP contribution in [0.1, 0.15) is 63.8 Å². The lowest BCUT2D eigenvalue weighted by atomic mass is 9.49. The summed E-state index contributed by atoms with van der Waals surface area (Å²) < 4.78 is 13.7. The van der Waals surface area contributed by atoms with Crippen molar-refractivity contribution < 1.29 is 8.83 Å². The Bertz CT molecular complexity index is 4480. The van der Waals surface area contributed by atoms with Crippen LogP contribution in [0.5, 0.6) is 0 Å². The first-order chi connectivity index (χ1) is 36.3. The lowest BCUT2D eigenvalue weighted by Gasteiger charge is -2.53. The minimum absolute atomic E-state index is 0.281. The molecule has 4 nitrogen and oxygen atoms in total. The van der Waals surface area contributed by atoms with Gasteiger partial charge in [0.05, 0.1) is 17.1 Å². The van der Waals surface area contributed by atoms with Crippen molar-refractivity contribution in [2.45, 2.75) is 60.8 Å². The highest BCUT2D eigenvalue weighted by Crippen LogP contribution is 2.69.